The van der Waals surface area contributed by atoms with Crippen LogP contribution in [0.25, 0.3) is 0 Å². The molecule has 0 heterocycles. The van der Waals surface area contributed by atoms with Gasteiger partial charge in [0.15, 0.2) is 0 Å². The van der Waals surface area contributed by atoms with Crippen molar-refractivity contribution < 1.29 is 9.47 Å². The number of rotatable bonds is 6. The molecule has 3 nitrogen and oxygen atoms in total. The van der Waals surface area contributed by atoms with E-state index in [0.717, 1.165) is 16.9 Å². The highest BCUT2D eigenvalue weighted by Crippen LogP contribution is 2.28. The summed E-state index contributed by atoms with van der Waals surface area (Å²) < 4.78 is 11.3. The number of benzene rings is 2. The summed E-state index contributed by atoms with van der Waals surface area (Å²) in [4.78, 5) is 0. The van der Waals surface area contributed by atoms with Crippen LogP contribution in [0.1, 0.15) is 24.1 Å². The Hall–Kier alpha value is -1.71. The first kappa shape index (κ1) is 15.7. The Morgan fingerprint density at radius 2 is 1.86 bits per heavy atom. The molecule has 0 fully saturated rings. The van der Waals surface area contributed by atoms with Crippen LogP contribution in [0.4, 0.5) is 0 Å². The van der Waals surface area contributed by atoms with E-state index >= 15 is 0 Å². The Morgan fingerprint density at radius 3 is 2.57 bits per heavy atom. The fraction of sp³-hybridized carbons (Fsp3) is 0.294. The van der Waals surface area contributed by atoms with Gasteiger partial charge in [0.1, 0.15) is 18.1 Å². The molecule has 2 rings (SSSR count). The second-order valence-electron chi connectivity index (χ2n) is 4.82. The molecule has 0 aliphatic rings. The number of ether oxygens (including phenoxy) is 2. The predicted molar refractivity (Wildman–Crippen MR) is 86.2 cm³/mol. The van der Waals surface area contributed by atoms with E-state index in [2.05, 4.69) is 0 Å². The lowest BCUT2D eigenvalue weighted by atomic mass is 10.1. The quantitative estimate of drug-likeness (QED) is 0.873. The van der Waals surface area contributed by atoms with E-state index in [1.165, 1.54) is 0 Å². The topological polar surface area (TPSA) is 44.5 Å². The van der Waals surface area contributed by atoms with Crippen LogP contribution in [-0.4, -0.2) is 13.2 Å². The average molecular weight is 306 g/mol. The van der Waals surface area contributed by atoms with Gasteiger partial charge in [0.25, 0.3) is 0 Å². The van der Waals surface area contributed by atoms with Crippen molar-refractivity contribution in [1.29, 1.82) is 0 Å². The van der Waals surface area contributed by atoms with Crippen LogP contribution in [0.15, 0.2) is 42.5 Å². The summed E-state index contributed by atoms with van der Waals surface area (Å²) in [6, 6.07) is 13.2. The van der Waals surface area contributed by atoms with E-state index in [1.54, 1.807) is 0 Å². The van der Waals surface area contributed by atoms with Crippen LogP contribution in [0, 0.1) is 6.92 Å². The summed E-state index contributed by atoms with van der Waals surface area (Å²) in [5, 5.41) is 0.597. The fourth-order valence-corrected chi connectivity index (χ4v) is 2.36. The third-order valence-corrected chi connectivity index (χ3v) is 3.42. The molecule has 0 aromatic heterocycles. The van der Waals surface area contributed by atoms with Crippen LogP contribution in [0.3, 0.4) is 0 Å². The number of aryl methyl sites for hydroxylation is 1. The van der Waals surface area contributed by atoms with E-state index < -0.39 is 0 Å². The van der Waals surface area contributed by atoms with Crippen molar-refractivity contribution in [1.82, 2.24) is 0 Å². The summed E-state index contributed by atoms with van der Waals surface area (Å²) in [5.74, 6) is 1.44. The lowest BCUT2D eigenvalue weighted by Crippen LogP contribution is -2.20. The average Bonchev–Trinajstić information content (AvgIpc) is 2.47. The van der Waals surface area contributed by atoms with Gasteiger partial charge >= 0.3 is 0 Å². The zero-order chi connectivity index (χ0) is 15.2. The van der Waals surface area contributed by atoms with Gasteiger partial charge in [0.05, 0.1) is 17.7 Å². The maximum atomic E-state index is 6.21. The minimum atomic E-state index is -0.273. The lowest BCUT2D eigenvalue weighted by molar-refractivity contribution is 0.282. The molecule has 0 spiro atoms. The van der Waals surface area contributed by atoms with E-state index in [9.17, 15) is 0 Å². The van der Waals surface area contributed by atoms with E-state index in [1.807, 2.05) is 56.3 Å². The molecule has 4 heteroatoms. The van der Waals surface area contributed by atoms with Gasteiger partial charge in [-0.1, -0.05) is 35.9 Å². The van der Waals surface area contributed by atoms with E-state index in [-0.39, 0.29) is 6.04 Å². The van der Waals surface area contributed by atoms with Crippen LogP contribution in [0.2, 0.25) is 5.02 Å². The van der Waals surface area contributed by atoms with Crippen LogP contribution >= 0.6 is 11.6 Å². The Balaban J connectivity index is 2.06. The number of para-hydroxylation sites is 1. The van der Waals surface area contributed by atoms with Gasteiger partial charge in [-0.15, -0.1) is 0 Å². The Morgan fingerprint density at radius 1 is 1.10 bits per heavy atom. The normalized spacial score (nSPS) is 12.0. The van der Waals surface area contributed by atoms with Gasteiger partial charge in [-0.2, -0.15) is 0 Å². The van der Waals surface area contributed by atoms with E-state index in [0.29, 0.717) is 24.0 Å². The molecule has 0 bridgehead atoms. The second-order valence-corrected chi connectivity index (χ2v) is 5.23. The summed E-state index contributed by atoms with van der Waals surface area (Å²) in [6.07, 6.45) is 0. The SMILES string of the molecule is CCOc1ccccc1C(N)COc1ccc(C)cc1Cl. The highest BCUT2D eigenvalue weighted by atomic mass is 35.5. The molecule has 2 N–H and O–H groups in total. The fourth-order valence-electron chi connectivity index (χ4n) is 2.07. The van der Waals surface area contributed by atoms with Gasteiger partial charge in [0.2, 0.25) is 0 Å². The minimum absolute atomic E-state index is 0.273. The molecular formula is C17H20ClNO2. The first-order valence-corrected chi connectivity index (χ1v) is 7.36. The van der Waals surface area contributed by atoms with E-state index in [4.69, 9.17) is 26.8 Å². The molecule has 21 heavy (non-hydrogen) atoms. The first-order chi connectivity index (χ1) is 10.1. The molecule has 0 saturated carbocycles. The molecule has 0 aliphatic carbocycles. The van der Waals surface area contributed by atoms with Crippen LogP contribution < -0.4 is 15.2 Å². The molecule has 0 aliphatic heterocycles. The van der Waals surface area contributed by atoms with Gasteiger partial charge in [0, 0.05) is 5.56 Å². The lowest BCUT2D eigenvalue weighted by Gasteiger charge is -2.17. The molecule has 0 amide bonds. The first-order valence-electron chi connectivity index (χ1n) is 6.98. The molecule has 0 radical (unpaired) electrons. The molecule has 112 valence electrons. The largest absolute Gasteiger partial charge is 0.494 e. The maximum Gasteiger partial charge on any atom is 0.138 e. The van der Waals surface area contributed by atoms with Crippen molar-refractivity contribution in [2.45, 2.75) is 19.9 Å². The third kappa shape index (κ3) is 4.13. The highest BCUT2D eigenvalue weighted by molar-refractivity contribution is 6.32. The number of hydrogen-bond acceptors (Lipinski definition) is 3. The smallest absolute Gasteiger partial charge is 0.138 e. The van der Waals surface area contributed by atoms with Crippen molar-refractivity contribution in [2.24, 2.45) is 5.73 Å². The summed E-state index contributed by atoms with van der Waals surface area (Å²) >= 11 is 6.15. The molecule has 0 saturated heterocycles. The molecule has 1 atom stereocenters. The standard InChI is InChI=1S/C17H20ClNO2/c1-3-20-16-7-5-4-6-13(16)15(19)11-21-17-9-8-12(2)10-14(17)18/h4-10,15H,3,11,19H2,1-2H3. The van der Waals surface area contributed by atoms with Crippen molar-refractivity contribution in [3.8, 4) is 11.5 Å². The van der Waals surface area contributed by atoms with Crippen molar-refractivity contribution >= 4 is 11.6 Å². The zero-order valence-corrected chi connectivity index (χ0v) is 13.1. The van der Waals surface area contributed by atoms with Crippen LogP contribution in [0.5, 0.6) is 11.5 Å². The van der Waals surface area contributed by atoms with Crippen molar-refractivity contribution in [3.05, 3.63) is 58.6 Å². The monoisotopic (exact) mass is 305 g/mol. The molecule has 2 aromatic rings. The Labute approximate surface area is 130 Å². The van der Waals surface area contributed by atoms with Crippen LogP contribution in [-0.2, 0) is 0 Å². The zero-order valence-electron chi connectivity index (χ0n) is 12.3. The van der Waals surface area contributed by atoms with Gasteiger partial charge in [-0.25, -0.2) is 0 Å². The number of nitrogens with two attached hydrogens (primary N) is 1. The van der Waals surface area contributed by atoms with Crippen molar-refractivity contribution in [2.75, 3.05) is 13.2 Å². The molecule has 2 aromatic carbocycles. The van der Waals surface area contributed by atoms with Gasteiger partial charge < -0.3 is 15.2 Å². The van der Waals surface area contributed by atoms with Crippen molar-refractivity contribution in [3.63, 3.8) is 0 Å². The maximum absolute atomic E-state index is 6.21. The van der Waals surface area contributed by atoms with Gasteiger partial charge in [-0.3, -0.25) is 0 Å². The third-order valence-electron chi connectivity index (χ3n) is 3.12. The summed E-state index contributed by atoms with van der Waals surface area (Å²) in [5.41, 5.74) is 8.23. The molecule has 1 unspecified atom stereocenters. The predicted octanol–water partition coefficient (Wildman–Crippen LogP) is 4.13. The molecular weight excluding hydrogens is 286 g/mol. The Bertz CT molecular complexity index is 601. The Kier molecular flexibility index (Phi) is 5.48. The highest BCUT2D eigenvalue weighted by Gasteiger charge is 2.13. The summed E-state index contributed by atoms with van der Waals surface area (Å²) in [6.45, 7) is 4.88. The minimum Gasteiger partial charge on any atom is -0.494 e. The number of hydrogen-bond donors (Lipinski definition) is 1. The summed E-state index contributed by atoms with van der Waals surface area (Å²) in [7, 11) is 0. The second kappa shape index (κ2) is 7.34. The number of halogens is 1. The van der Waals surface area contributed by atoms with Gasteiger partial charge in [-0.05, 0) is 37.6 Å².